The van der Waals surface area contributed by atoms with Crippen LogP contribution in [0.2, 0.25) is 5.02 Å². The molecular weight excluding hydrogens is 442 g/mol. The first-order chi connectivity index (χ1) is 15.9. The fourth-order valence-corrected chi connectivity index (χ4v) is 5.26. The van der Waals surface area contributed by atoms with Crippen molar-refractivity contribution in [2.24, 2.45) is 5.92 Å². The predicted octanol–water partition coefficient (Wildman–Crippen LogP) is 4.25. The molecule has 2 heterocycles. The number of hydrogen-bond donors (Lipinski definition) is 1. The van der Waals surface area contributed by atoms with Crippen molar-refractivity contribution in [3.8, 4) is 11.8 Å². The topological polar surface area (TPSA) is 93.9 Å². The number of piperidine rings is 1. The maximum atomic E-state index is 13.6. The Morgan fingerprint density at radius 1 is 1.12 bits per heavy atom. The van der Waals surface area contributed by atoms with Gasteiger partial charge in [0.2, 0.25) is 5.91 Å². The third-order valence-electron chi connectivity index (χ3n) is 6.70. The maximum absolute atomic E-state index is 13.6. The first-order valence-electron chi connectivity index (χ1n) is 11.1. The molecule has 2 aliphatic heterocycles. The SMILES string of the molecule is COc1ccc(N2CCC(C(=O)N3[C@@H](c4ccccc4Cl)CC[C@H]3C(=O)O)CC2)c(C#N)c1. The second kappa shape index (κ2) is 9.72. The van der Waals surface area contributed by atoms with Crippen LogP contribution in [0.1, 0.15) is 42.9 Å². The van der Waals surface area contributed by atoms with Crippen LogP contribution in [0.25, 0.3) is 0 Å². The van der Waals surface area contributed by atoms with Crippen molar-refractivity contribution in [1.82, 2.24) is 4.90 Å². The number of likely N-dealkylation sites (tertiary alicyclic amines) is 1. The third kappa shape index (κ3) is 4.49. The number of anilines is 1. The van der Waals surface area contributed by atoms with Gasteiger partial charge in [-0.3, -0.25) is 4.79 Å². The monoisotopic (exact) mass is 467 g/mol. The molecule has 0 unspecified atom stereocenters. The molecule has 1 amide bonds. The summed E-state index contributed by atoms with van der Waals surface area (Å²) in [5.74, 6) is -0.748. The molecule has 2 aromatic carbocycles. The molecule has 8 heteroatoms. The number of aliphatic carboxylic acids is 1. The van der Waals surface area contributed by atoms with E-state index in [9.17, 15) is 20.0 Å². The maximum Gasteiger partial charge on any atom is 0.326 e. The molecule has 0 aliphatic carbocycles. The fourth-order valence-electron chi connectivity index (χ4n) is 5.00. The van der Waals surface area contributed by atoms with Gasteiger partial charge in [0, 0.05) is 24.0 Å². The van der Waals surface area contributed by atoms with Crippen molar-refractivity contribution in [1.29, 1.82) is 5.26 Å². The molecule has 2 aromatic rings. The van der Waals surface area contributed by atoms with Crippen molar-refractivity contribution in [3.05, 3.63) is 58.6 Å². The van der Waals surface area contributed by atoms with Crippen molar-refractivity contribution < 1.29 is 19.4 Å². The summed E-state index contributed by atoms with van der Waals surface area (Å²) in [7, 11) is 1.56. The van der Waals surface area contributed by atoms with E-state index in [1.165, 1.54) is 0 Å². The van der Waals surface area contributed by atoms with E-state index in [0.717, 1.165) is 11.3 Å². The van der Waals surface area contributed by atoms with E-state index in [1.54, 1.807) is 24.1 Å². The Labute approximate surface area is 198 Å². The number of nitriles is 1. The number of carboxylic acid groups (broad SMARTS) is 1. The Kier molecular flexibility index (Phi) is 6.75. The van der Waals surface area contributed by atoms with Gasteiger partial charge in [0.15, 0.2) is 0 Å². The average molecular weight is 468 g/mol. The summed E-state index contributed by atoms with van der Waals surface area (Å²) in [4.78, 5) is 29.2. The molecule has 172 valence electrons. The molecule has 2 fully saturated rings. The van der Waals surface area contributed by atoms with Crippen LogP contribution in [0.4, 0.5) is 5.69 Å². The first-order valence-corrected chi connectivity index (χ1v) is 11.4. The second-order valence-electron chi connectivity index (χ2n) is 8.47. The summed E-state index contributed by atoms with van der Waals surface area (Å²) in [6.07, 6.45) is 2.16. The summed E-state index contributed by atoms with van der Waals surface area (Å²) >= 11 is 6.40. The molecule has 33 heavy (non-hydrogen) atoms. The van der Waals surface area contributed by atoms with Gasteiger partial charge in [-0.2, -0.15) is 5.26 Å². The smallest absolute Gasteiger partial charge is 0.326 e. The number of amides is 1. The molecule has 0 saturated carbocycles. The fraction of sp³-hybridized carbons (Fsp3) is 0.400. The Morgan fingerprint density at radius 2 is 1.85 bits per heavy atom. The minimum atomic E-state index is -0.979. The van der Waals surface area contributed by atoms with Crippen LogP contribution in [-0.4, -0.2) is 48.1 Å². The number of carbonyl (C=O) groups is 2. The molecular formula is C25H26ClN3O4. The number of carboxylic acids is 1. The number of rotatable bonds is 5. The normalized spacial score (nSPS) is 21.0. The molecule has 2 aliphatic rings. The lowest BCUT2D eigenvalue weighted by atomic mass is 9.93. The standard InChI is InChI=1S/C25H26ClN3O4/c1-33-18-6-7-21(17(14-18)15-27)28-12-10-16(11-13-28)24(30)29-22(8-9-23(29)25(31)32)19-4-2-3-5-20(19)26/h2-7,14,16,22-23H,8-13H2,1H3,(H,31,32)/t22-,23+/m1/s1. The highest BCUT2D eigenvalue weighted by Gasteiger charge is 2.44. The summed E-state index contributed by atoms with van der Waals surface area (Å²) in [5, 5.41) is 19.9. The zero-order chi connectivity index (χ0) is 23.5. The third-order valence-corrected chi connectivity index (χ3v) is 7.04. The highest BCUT2D eigenvalue weighted by Crippen LogP contribution is 2.41. The summed E-state index contributed by atoms with van der Waals surface area (Å²) in [6, 6.07) is 13.8. The van der Waals surface area contributed by atoms with Gasteiger partial charge in [-0.25, -0.2) is 4.79 Å². The lowest BCUT2D eigenvalue weighted by molar-refractivity contribution is -0.152. The molecule has 4 rings (SSSR count). The van der Waals surface area contributed by atoms with Crippen LogP contribution < -0.4 is 9.64 Å². The zero-order valence-corrected chi connectivity index (χ0v) is 19.2. The van der Waals surface area contributed by atoms with Crippen molar-refractivity contribution >= 4 is 29.2 Å². The van der Waals surface area contributed by atoms with Crippen LogP contribution in [0.15, 0.2) is 42.5 Å². The Morgan fingerprint density at radius 3 is 2.48 bits per heavy atom. The number of benzene rings is 2. The molecule has 0 aromatic heterocycles. The van der Waals surface area contributed by atoms with Gasteiger partial charge < -0.3 is 19.6 Å². The van der Waals surface area contributed by atoms with Crippen LogP contribution in [0, 0.1) is 17.2 Å². The van der Waals surface area contributed by atoms with E-state index in [1.807, 2.05) is 30.3 Å². The molecule has 1 N–H and O–H groups in total. The number of ether oxygens (including phenoxy) is 1. The Bertz CT molecular complexity index is 1090. The highest BCUT2D eigenvalue weighted by molar-refractivity contribution is 6.31. The predicted molar refractivity (Wildman–Crippen MR) is 124 cm³/mol. The van der Waals surface area contributed by atoms with Crippen molar-refractivity contribution in [3.63, 3.8) is 0 Å². The van der Waals surface area contributed by atoms with E-state index < -0.39 is 12.0 Å². The number of halogens is 1. The molecule has 2 saturated heterocycles. The Hall–Kier alpha value is -3.24. The lowest BCUT2D eigenvalue weighted by Gasteiger charge is -2.37. The van der Waals surface area contributed by atoms with E-state index in [4.69, 9.17) is 16.3 Å². The van der Waals surface area contributed by atoms with Crippen molar-refractivity contribution in [2.45, 2.75) is 37.8 Å². The lowest BCUT2D eigenvalue weighted by Crippen LogP contribution is -2.47. The van der Waals surface area contributed by atoms with Crippen LogP contribution in [0.5, 0.6) is 5.75 Å². The quantitative estimate of drug-likeness (QED) is 0.706. The summed E-state index contributed by atoms with van der Waals surface area (Å²) in [6.45, 7) is 1.22. The van der Waals surface area contributed by atoms with Gasteiger partial charge in [-0.1, -0.05) is 29.8 Å². The van der Waals surface area contributed by atoms with Crippen molar-refractivity contribution in [2.75, 3.05) is 25.1 Å². The van der Waals surface area contributed by atoms with E-state index in [0.29, 0.717) is 55.1 Å². The number of methoxy groups -OCH3 is 1. The van der Waals surface area contributed by atoms with Gasteiger partial charge in [0.05, 0.1) is 24.4 Å². The summed E-state index contributed by atoms with van der Waals surface area (Å²) in [5.41, 5.74) is 2.15. The zero-order valence-electron chi connectivity index (χ0n) is 18.4. The molecule has 0 bridgehead atoms. The van der Waals surface area contributed by atoms with E-state index in [2.05, 4.69) is 11.0 Å². The van der Waals surface area contributed by atoms with Gasteiger partial charge in [0.25, 0.3) is 0 Å². The largest absolute Gasteiger partial charge is 0.497 e. The van der Waals surface area contributed by atoms with Gasteiger partial charge in [-0.15, -0.1) is 0 Å². The number of nitrogens with zero attached hydrogens (tertiary/aromatic N) is 3. The average Bonchev–Trinajstić information content (AvgIpc) is 3.29. The van der Waals surface area contributed by atoms with E-state index >= 15 is 0 Å². The number of carbonyl (C=O) groups excluding carboxylic acids is 1. The second-order valence-corrected chi connectivity index (χ2v) is 8.88. The highest BCUT2D eigenvalue weighted by atomic mass is 35.5. The van der Waals surface area contributed by atoms with Gasteiger partial charge >= 0.3 is 5.97 Å². The molecule has 2 atom stereocenters. The minimum Gasteiger partial charge on any atom is -0.497 e. The minimum absolute atomic E-state index is 0.125. The molecule has 7 nitrogen and oxygen atoms in total. The first kappa shape index (κ1) is 22.9. The summed E-state index contributed by atoms with van der Waals surface area (Å²) < 4.78 is 5.21. The molecule has 0 spiro atoms. The Balaban J connectivity index is 1.52. The van der Waals surface area contributed by atoms with Crippen LogP contribution >= 0.6 is 11.6 Å². The van der Waals surface area contributed by atoms with Gasteiger partial charge in [-0.05, 0) is 55.5 Å². The number of hydrogen-bond acceptors (Lipinski definition) is 5. The van der Waals surface area contributed by atoms with E-state index in [-0.39, 0.29) is 17.9 Å². The van der Waals surface area contributed by atoms with Crippen LogP contribution in [0.3, 0.4) is 0 Å². The molecule has 0 radical (unpaired) electrons. The van der Waals surface area contributed by atoms with Gasteiger partial charge in [0.1, 0.15) is 17.9 Å². The van der Waals surface area contributed by atoms with Crippen LogP contribution in [-0.2, 0) is 9.59 Å².